The molecule has 0 atom stereocenters. The van der Waals surface area contributed by atoms with Gasteiger partial charge in [-0.15, -0.1) is 11.3 Å². The SMILES string of the molecule is Cc1c(C(C)(C)C)sc2ccc(Cl)cc12. The van der Waals surface area contributed by atoms with Crippen LogP contribution in [-0.2, 0) is 5.41 Å². The molecule has 0 saturated carbocycles. The Balaban J connectivity index is 2.76. The highest BCUT2D eigenvalue weighted by Crippen LogP contribution is 2.39. The van der Waals surface area contributed by atoms with E-state index in [0.29, 0.717) is 0 Å². The van der Waals surface area contributed by atoms with Crippen LogP contribution in [0.25, 0.3) is 10.1 Å². The first-order chi connectivity index (χ1) is 6.89. The maximum Gasteiger partial charge on any atom is 0.0413 e. The topological polar surface area (TPSA) is 0 Å². The van der Waals surface area contributed by atoms with Crippen LogP contribution in [0.15, 0.2) is 18.2 Å². The molecule has 80 valence electrons. The maximum absolute atomic E-state index is 6.02. The molecule has 1 aromatic heterocycles. The zero-order valence-electron chi connectivity index (χ0n) is 9.52. The van der Waals surface area contributed by atoms with Crippen LogP contribution in [0, 0.1) is 6.92 Å². The second-order valence-corrected chi connectivity index (χ2v) is 6.44. The minimum Gasteiger partial charge on any atom is -0.139 e. The Kier molecular flexibility index (Phi) is 2.56. The predicted molar refractivity (Wildman–Crippen MR) is 70.3 cm³/mol. The van der Waals surface area contributed by atoms with Crippen LogP contribution in [0.2, 0.25) is 5.02 Å². The van der Waals surface area contributed by atoms with E-state index in [1.54, 1.807) is 0 Å². The number of hydrogen-bond donors (Lipinski definition) is 0. The van der Waals surface area contributed by atoms with E-state index in [-0.39, 0.29) is 5.41 Å². The van der Waals surface area contributed by atoms with E-state index in [4.69, 9.17) is 11.6 Å². The smallest absolute Gasteiger partial charge is 0.0413 e. The Morgan fingerprint density at radius 3 is 2.47 bits per heavy atom. The molecular formula is C13H15ClS. The molecule has 0 aliphatic heterocycles. The summed E-state index contributed by atoms with van der Waals surface area (Å²) < 4.78 is 1.34. The van der Waals surface area contributed by atoms with Crippen molar-refractivity contribution < 1.29 is 0 Å². The van der Waals surface area contributed by atoms with E-state index in [1.165, 1.54) is 20.5 Å². The summed E-state index contributed by atoms with van der Waals surface area (Å²) in [5.41, 5.74) is 1.60. The highest BCUT2D eigenvalue weighted by Gasteiger charge is 2.20. The minimum absolute atomic E-state index is 0.222. The van der Waals surface area contributed by atoms with Gasteiger partial charge in [-0.2, -0.15) is 0 Å². The van der Waals surface area contributed by atoms with Crippen LogP contribution in [0.3, 0.4) is 0 Å². The van der Waals surface area contributed by atoms with Gasteiger partial charge in [0.25, 0.3) is 0 Å². The fraction of sp³-hybridized carbons (Fsp3) is 0.385. The fourth-order valence-electron chi connectivity index (χ4n) is 1.91. The summed E-state index contributed by atoms with van der Waals surface area (Å²) in [6.07, 6.45) is 0. The Bertz CT molecular complexity index is 503. The number of aryl methyl sites for hydroxylation is 1. The molecule has 0 amide bonds. The van der Waals surface area contributed by atoms with E-state index >= 15 is 0 Å². The minimum atomic E-state index is 0.222. The zero-order chi connectivity index (χ0) is 11.2. The quantitative estimate of drug-likeness (QED) is 0.595. The second kappa shape index (κ2) is 3.50. The highest BCUT2D eigenvalue weighted by molar-refractivity contribution is 7.19. The van der Waals surface area contributed by atoms with Gasteiger partial charge >= 0.3 is 0 Å². The largest absolute Gasteiger partial charge is 0.139 e. The van der Waals surface area contributed by atoms with Crippen LogP contribution in [0.4, 0.5) is 0 Å². The van der Waals surface area contributed by atoms with Gasteiger partial charge in [0.2, 0.25) is 0 Å². The lowest BCUT2D eigenvalue weighted by atomic mass is 9.91. The van der Waals surface area contributed by atoms with Crippen molar-refractivity contribution >= 4 is 33.0 Å². The van der Waals surface area contributed by atoms with Gasteiger partial charge < -0.3 is 0 Å². The third kappa shape index (κ3) is 1.91. The van der Waals surface area contributed by atoms with E-state index < -0.39 is 0 Å². The Labute approximate surface area is 99.9 Å². The number of thiophene rings is 1. The first kappa shape index (κ1) is 11.0. The summed E-state index contributed by atoms with van der Waals surface area (Å²) in [4.78, 5) is 1.46. The molecule has 0 spiro atoms. The lowest BCUT2D eigenvalue weighted by Crippen LogP contribution is -2.09. The van der Waals surface area contributed by atoms with Crippen molar-refractivity contribution in [2.24, 2.45) is 0 Å². The van der Waals surface area contributed by atoms with Crippen molar-refractivity contribution in [1.82, 2.24) is 0 Å². The average Bonchev–Trinajstić information content (AvgIpc) is 2.43. The van der Waals surface area contributed by atoms with Crippen molar-refractivity contribution in [1.29, 1.82) is 0 Å². The number of hydrogen-bond acceptors (Lipinski definition) is 1. The van der Waals surface area contributed by atoms with Crippen molar-refractivity contribution in [3.05, 3.63) is 33.7 Å². The van der Waals surface area contributed by atoms with Crippen LogP contribution < -0.4 is 0 Å². The van der Waals surface area contributed by atoms with Gasteiger partial charge in [-0.1, -0.05) is 32.4 Å². The lowest BCUT2D eigenvalue weighted by Gasteiger charge is -2.17. The molecule has 2 heteroatoms. The lowest BCUT2D eigenvalue weighted by molar-refractivity contribution is 0.601. The second-order valence-electron chi connectivity index (χ2n) is 4.95. The molecule has 0 unspecified atom stereocenters. The van der Waals surface area contributed by atoms with Gasteiger partial charge in [0.15, 0.2) is 0 Å². The first-order valence-corrected chi connectivity index (χ1v) is 6.28. The molecule has 0 aliphatic rings. The molecule has 2 rings (SSSR count). The van der Waals surface area contributed by atoms with Gasteiger partial charge in [0.1, 0.15) is 0 Å². The van der Waals surface area contributed by atoms with Crippen molar-refractivity contribution in [2.45, 2.75) is 33.1 Å². The summed E-state index contributed by atoms with van der Waals surface area (Å²) in [6, 6.07) is 6.15. The van der Waals surface area contributed by atoms with Crippen molar-refractivity contribution in [3.63, 3.8) is 0 Å². The molecule has 0 nitrogen and oxygen atoms in total. The van der Waals surface area contributed by atoms with E-state index in [0.717, 1.165) is 5.02 Å². The van der Waals surface area contributed by atoms with E-state index in [9.17, 15) is 0 Å². The fourth-order valence-corrected chi connectivity index (χ4v) is 3.33. The molecule has 0 radical (unpaired) electrons. The van der Waals surface area contributed by atoms with Gasteiger partial charge in [-0.25, -0.2) is 0 Å². The van der Waals surface area contributed by atoms with Gasteiger partial charge in [-0.05, 0) is 41.5 Å². The van der Waals surface area contributed by atoms with Gasteiger partial charge in [0.05, 0.1) is 0 Å². The van der Waals surface area contributed by atoms with Crippen LogP contribution in [0.5, 0.6) is 0 Å². The first-order valence-electron chi connectivity index (χ1n) is 5.09. The molecule has 0 N–H and O–H groups in total. The summed E-state index contributed by atoms with van der Waals surface area (Å²) in [6.45, 7) is 8.96. The summed E-state index contributed by atoms with van der Waals surface area (Å²) >= 11 is 7.90. The molecule has 1 heterocycles. The van der Waals surface area contributed by atoms with Crippen molar-refractivity contribution in [2.75, 3.05) is 0 Å². The molecule has 0 bridgehead atoms. The maximum atomic E-state index is 6.02. The van der Waals surface area contributed by atoms with Gasteiger partial charge in [0, 0.05) is 14.6 Å². The van der Waals surface area contributed by atoms with Crippen LogP contribution in [-0.4, -0.2) is 0 Å². The third-order valence-corrected chi connectivity index (χ3v) is 4.51. The standard InChI is InChI=1S/C13H15ClS/c1-8-10-7-9(14)5-6-11(10)15-12(8)13(2,3)4/h5-7H,1-4H3. The Morgan fingerprint density at radius 1 is 1.20 bits per heavy atom. The summed E-state index contributed by atoms with van der Waals surface area (Å²) in [5.74, 6) is 0. The van der Waals surface area contributed by atoms with Crippen LogP contribution >= 0.6 is 22.9 Å². The molecule has 15 heavy (non-hydrogen) atoms. The van der Waals surface area contributed by atoms with E-state index in [1.807, 2.05) is 17.4 Å². The number of benzene rings is 1. The van der Waals surface area contributed by atoms with E-state index in [2.05, 4.69) is 39.8 Å². The summed E-state index contributed by atoms with van der Waals surface area (Å²) in [7, 11) is 0. The molecule has 0 aliphatic carbocycles. The third-order valence-electron chi connectivity index (χ3n) is 2.58. The number of rotatable bonds is 0. The highest BCUT2D eigenvalue weighted by atomic mass is 35.5. The Morgan fingerprint density at radius 2 is 1.87 bits per heavy atom. The monoisotopic (exact) mass is 238 g/mol. The van der Waals surface area contributed by atoms with Gasteiger partial charge in [-0.3, -0.25) is 0 Å². The predicted octanol–water partition coefficient (Wildman–Crippen LogP) is 5.16. The summed E-state index contributed by atoms with van der Waals surface area (Å²) in [5, 5.41) is 2.13. The molecule has 1 aromatic carbocycles. The zero-order valence-corrected chi connectivity index (χ0v) is 11.1. The molecule has 2 aromatic rings. The average molecular weight is 239 g/mol. The molecular weight excluding hydrogens is 224 g/mol. The normalized spacial score (nSPS) is 12.3. The molecule has 0 fully saturated rings. The number of halogens is 1. The van der Waals surface area contributed by atoms with Crippen molar-refractivity contribution in [3.8, 4) is 0 Å². The number of fused-ring (bicyclic) bond motifs is 1. The Hall–Kier alpha value is -0.530. The van der Waals surface area contributed by atoms with Crippen LogP contribution in [0.1, 0.15) is 31.2 Å². The molecule has 0 saturated heterocycles.